The monoisotopic (exact) mass is 1290 g/mol. The molecular formula is C52H41Cl5F4N6O14P2. The van der Waals surface area contributed by atoms with Crippen LogP contribution in [0.3, 0.4) is 0 Å². The summed E-state index contributed by atoms with van der Waals surface area (Å²) in [5.41, 5.74) is 7.91. The number of phosphoric acid groups is 1. The van der Waals surface area contributed by atoms with Crippen molar-refractivity contribution in [2.45, 2.75) is 25.3 Å². The largest absolute Gasteiger partial charge is 0.479 e. The van der Waals surface area contributed by atoms with Crippen LogP contribution < -0.4 is 10.9 Å². The molecule has 8 rings (SSSR count). The maximum absolute atomic E-state index is 14.3. The number of aliphatic carboxylic acids is 2. The van der Waals surface area contributed by atoms with Crippen molar-refractivity contribution in [2.24, 2.45) is 0 Å². The predicted molar refractivity (Wildman–Crippen MR) is 297 cm³/mol. The number of carbonyl (C=O) groups is 4. The van der Waals surface area contributed by atoms with E-state index in [-0.39, 0.29) is 52.7 Å². The van der Waals surface area contributed by atoms with E-state index in [9.17, 15) is 56.1 Å². The van der Waals surface area contributed by atoms with Crippen LogP contribution in [0.25, 0.3) is 44.8 Å². The Balaban J connectivity index is 0.000000247. The summed E-state index contributed by atoms with van der Waals surface area (Å²) in [6, 6.07) is 35.1. The number of carbonyl (C=O) groups excluding carboxylic acids is 2. The number of hydrogen-bond donors (Lipinski definition) is 7. The summed E-state index contributed by atoms with van der Waals surface area (Å²) in [6.45, 7) is -1.37. The van der Waals surface area contributed by atoms with Crippen molar-refractivity contribution in [3.05, 3.63) is 202 Å². The molecule has 2 heterocycles. The van der Waals surface area contributed by atoms with E-state index in [0.29, 0.717) is 37.9 Å². The number of rotatable bonds is 20. The molecule has 8 aromatic rings. The van der Waals surface area contributed by atoms with E-state index in [2.05, 4.69) is 59.4 Å². The van der Waals surface area contributed by atoms with E-state index < -0.39 is 85.3 Å². The van der Waals surface area contributed by atoms with Crippen LogP contribution in [0.2, 0.25) is 10.0 Å². The number of nitrogens with zero attached hydrogens (tertiary/aromatic N) is 4. The van der Waals surface area contributed by atoms with Gasteiger partial charge in [0.25, 0.3) is 0 Å². The first-order valence-electron chi connectivity index (χ1n) is 23.3. The quantitative estimate of drug-likeness (QED) is 0.0212. The Morgan fingerprint density at radius 2 is 0.928 bits per heavy atom. The van der Waals surface area contributed by atoms with Gasteiger partial charge < -0.3 is 34.2 Å². The molecule has 2 aromatic heterocycles. The van der Waals surface area contributed by atoms with Crippen LogP contribution in [0, 0.1) is 23.3 Å². The predicted octanol–water partition coefficient (Wildman–Crippen LogP) is 12.0. The van der Waals surface area contributed by atoms with Gasteiger partial charge in [0.2, 0.25) is 11.5 Å². The van der Waals surface area contributed by atoms with Crippen molar-refractivity contribution in [1.82, 2.24) is 31.2 Å². The van der Waals surface area contributed by atoms with E-state index in [0.717, 1.165) is 5.01 Å². The van der Waals surface area contributed by atoms with Crippen LogP contribution in [0.4, 0.5) is 17.6 Å². The van der Waals surface area contributed by atoms with Gasteiger partial charge in [0.15, 0.2) is 12.2 Å². The van der Waals surface area contributed by atoms with Crippen LogP contribution >= 0.6 is 69.9 Å². The summed E-state index contributed by atoms with van der Waals surface area (Å²) >= 11 is 25.8. The minimum absolute atomic E-state index is 0.0112. The lowest BCUT2D eigenvalue weighted by molar-refractivity contribution is -0.148. The van der Waals surface area contributed by atoms with Crippen LogP contribution in [0.15, 0.2) is 155 Å². The number of aliphatic hydroxyl groups is 1. The molecule has 20 nitrogen and oxygen atoms in total. The lowest BCUT2D eigenvalue weighted by atomic mass is 10.0. The summed E-state index contributed by atoms with van der Waals surface area (Å²) < 4.78 is 91.9. The molecule has 6 aromatic carbocycles. The normalized spacial score (nSPS) is 12.1. The molecule has 2 atom stereocenters. The molecule has 31 heteroatoms. The van der Waals surface area contributed by atoms with Crippen LogP contribution in [-0.2, 0) is 36.3 Å². The second-order valence-electron chi connectivity index (χ2n) is 17.1. The molecule has 0 spiro atoms. The number of hydrazine groups is 2. The van der Waals surface area contributed by atoms with Crippen molar-refractivity contribution < 1.29 is 84.5 Å². The third-order valence-electron chi connectivity index (χ3n) is 11.0. The molecular weight excluding hydrogens is 1250 g/mol. The second-order valence-corrected chi connectivity index (χ2v) is 25.8. The fraction of sp³-hybridized carbons (Fsp3) is 0.115. The summed E-state index contributed by atoms with van der Waals surface area (Å²) in [7, 11) is -5.22. The number of amides is 2. The fourth-order valence-electron chi connectivity index (χ4n) is 7.32. The van der Waals surface area contributed by atoms with Crippen molar-refractivity contribution in [3.8, 4) is 44.8 Å². The number of carboxylic acids is 2. The van der Waals surface area contributed by atoms with Gasteiger partial charge >= 0.3 is 36.8 Å². The Bertz CT molecular complexity index is 3680. The maximum atomic E-state index is 14.3. The maximum Gasteiger partial charge on any atom is 0.470 e. The van der Waals surface area contributed by atoms with Crippen LogP contribution in [0.1, 0.15) is 32.2 Å². The molecule has 83 heavy (non-hydrogen) atoms. The third kappa shape index (κ3) is 20.4. The number of aliphatic hydroxyl groups excluding tert-OH is 1. The van der Waals surface area contributed by atoms with Crippen molar-refractivity contribution in [1.29, 1.82) is 0 Å². The highest BCUT2D eigenvalue weighted by Crippen LogP contribution is 2.61. The first-order chi connectivity index (χ1) is 39.1. The molecule has 7 N–H and O–H groups in total. The molecule has 0 radical (unpaired) electrons. The molecule has 0 aliphatic carbocycles. The third-order valence-corrected chi connectivity index (χ3v) is 12.0. The first-order valence-corrected chi connectivity index (χ1v) is 30.0. The summed E-state index contributed by atoms with van der Waals surface area (Å²) in [5.74, 6) is -7.60. The fourth-order valence-corrected chi connectivity index (χ4v) is 8.15. The molecule has 0 saturated carbocycles. The van der Waals surface area contributed by atoms with Gasteiger partial charge in [-0.1, -0.05) is 106 Å². The lowest BCUT2D eigenvalue weighted by Crippen LogP contribution is -2.47. The number of hydrogen-bond acceptors (Lipinski definition) is 14. The number of phosphoric ester groups is 1. The average molecular weight is 1290 g/mol. The smallest absolute Gasteiger partial charge is 0.470 e. The molecule has 0 unspecified atom stereocenters. The zero-order chi connectivity index (χ0) is 60.8. The van der Waals surface area contributed by atoms with Crippen molar-refractivity contribution >= 4 is 93.7 Å². The highest BCUT2D eigenvalue weighted by molar-refractivity contribution is 8.24. The Labute approximate surface area is 491 Å². The summed E-state index contributed by atoms with van der Waals surface area (Å²) in [5, 5.41) is 35.5. The van der Waals surface area contributed by atoms with Gasteiger partial charge in [-0.15, -0.1) is 0 Å². The highest BCUT2D eigenvalue weighted by Gasteiger charge is 2.32. The number of benzene rings is 6. The zero-order valence-electron chi connectivity index (χ0n) is 41.8. The van der Waals surface area contributed by atoms with Gasteiger partial charge in [-0.25, -0.2) is 41.7 Å². The van der Waals surface area contributed by atoms with Gasteiger partial charge in [0.05, 0.1) is 13.1 Å². The SMILES string of the molecule is O=C(NN(Cc1ccc(-c2cc(Cl)ccc2F)cc1)C[C@@H](O)C(=O)O)c1cc(-c2ccccc2F)no1.O=C(NN(Cc1ccc(-c2cc(Cl)ccc2F)cc1)C[C@@H](OP(=O)(O)O)C(=O)O)c1cc(-c2ccccc2F)no1.O=P(Cl)(Cl)Cl. The van der Waals surface area contributed by atoms with Crippen molar-refractivity contribution in [2.75, 3.05) is 13.1 Å². The van der Waals surface area contributed by atoms with Crippen molar-refractivity contribution in [3.63, 3.8) is 0 Å². The number of halogens is 9. The minimum atomic E-state index is -5.22. The molecule has 0 bridgehead atoms. The van der Waals surface area contributed by atoms with Crippen LogP contribution in [0.5, 0.6) is 0 Å². The second kappa shape index (κ2) is 29.5. The molecule has 0 aliphatic heterocycles. The average Bonchev–Trinajstić information content (AvgIpc) is 4.35. The first kappa shape index (κ1) is 65.2. The highest BCUT2D eigenvalue weighted by atomic mass is 36.0. The number of carboxylic acid groups (broad SMARTS) is 2. The summed E-state index contributed by atoms with van der Waals surface area (Å²) in [6.07, 6.45) is -3.86. The van der Waals surface area contributed by atoms with Gasteiger partial charge in [-0.2, -0.15) is 0 Å². The van der Waals surface area contributed by atoms with E-state index in [1.807, 2.05) is 0 Å². The van der Waals surface area contributed by atoms with E-state index >= 15 is 0 Å². The van der Waals surface area contributed by atoms with Gasteiger partial charge in [0, 0.05) is 57.5 Å². The molecule has 0 aliphatic rings. The van der Waals surface area contributed by atoms with Gasteiger partial charge in [-0.3, -0.25) is 29.5 Å². The zero-order valence-corrected chi connectivity index (χ0v) is 47.4. The van der Waals surface area contributed by atoms with Crippen LogP contribution in [-0.4, -0.2) is 94.5 Å². The Morgan fingerprint density at radius 3 is 1.29 bits per heavy atom. The Kier molecular flexibility index (Phi) is 23.2. The van der Waals surface area contributed by atoms with Gasteiger partial charge in [0.1, 0.15) is 34.7 Å². The van der Waals surface area contributed by atoms with Gasteiger partial charge in [-0.05, 0) is 117 Å². The molecule has 0 saturated heterocycles. The Morgan fingerprint density at radius 1 is 0.554 bits per heavy atom. The topological polar surface area (TPSA) is 295 Å². The van der Waals surface area contributed by atoms with E-state index in [1.165, 1.54) is 89.9 Å². The molecule has 0 fully saturated rings. The number of aromatic nitrogens is 2. The standard InChI is InChI=1S/C26H21ClF2N3O8P.C26H20ClF2N3O5.Cl3OP/c27-17-9-10-21(29)19(11-17)16-7-5-15(6-8-16)13-32(14-24(26(34)35)40-41(36,37)38)30-25(33)23-12-22(31-39-23)18-3-1-2-4-20(18)28;27-17-9-10-21(29)19(11-17)16-7-5-15(6-8-16)13-32(14-23(33)26(35)36)30-25(34)24-12-22(31-37-24)18-3-1-2-4-20(18)28;1-5(2,3)4/h1-12,24H,13-14H2,(H,30,33)(H,34,35)(H2,36,37,38);1-12,23,33H,13-14H2,(H,30,34)(H,35,36);/t24-;23-;/m11./s1. The molecule has 436 valence electrons. The van der Waals surface area contributed by atoms with E-state index in [4.69, 9.17) is 47.1 Å². The Hall–Kier alpha value is -6.99. The van der Waals surface area contributed by atoms with E-state index in [1.54, 1.807) is 60.7 Å². The lowest BCUT2D eigenvalue weighted by Gasteiger charge is -2.26. The minimum Gasteiger partial charge on any atom is -0.479 e. The number of nitrogens with one attached hydrogen (secondary N) is 2. The molecule has 2 amide bonds. The summed E-state index contributed by atoms with van der Waals surface area (Å²) in [4.78, 5) is 66.8.